The second-order valence-corrected chi connectivity index (χ2v) is 5.13. The Balaban J connectivity index is 2.46. The third kappa shape index (κ3) is 2.91. The van der Waals surface area contributed by atoms with Crippen LogP contribution in [0.4, 0.5) is 0 Å². The van der Waals surface area contributed by atoms with Crippen molar-refractivity contribution in [3.63, 3.8) is 0 Å². The van der Waals surface area contributed by atoms with Gasteiger partial charge < -0.3 is 19.3 Å². The van der Waals surface area contributed by atoms with Crippen molar-refractivity contribution in [1.29, 1.82) is 0 Å². The molecule has 110 valence electrons. The molecule has 0 atom stereocenters. The van der Waals surface area contributed by atoms with Crippen molar-refractivity contribution in [2.45, 2.75) is 25.9 Å². The van der Waals surface area contributed by atoms with Crippen LogP contribution in [0.15, 0.2) is 10.9 Å². The van der Waals surface area contributed by atoms with Crippen LogP contribution >= 0.6 is 0 Å². The second kappa shape index (κ2) is 6.19. The first-order valence-corrected chi connectivity index (χ1v) is 6.71. The number of methoxy groups -OCH3 is 1. The smallest absolute Gasteiger partial charge is 0.341 e. The molecule has 6 heteroatoms. The molecule has 20 heavy (non-hydrogen) atoms. The Morgan fingerprint density at radius 2 is 2.25 bits per heavy atom. The number of pyridine rings is 1. The van der Waals surface area contributed by atoms with Gasteiger partial charge in [-0.05, 0) is 25.1 Å². The van der Waals surface area contributed by atoms with Gasteiger partial charge in [0.2, 0.25) is 0 Å². The molecule has 1 aromatic rings. The Kier molecular flexibility index (Phi) is 4.57. The number of aromatic nitrogens is 1. The zero-order valence-corrected chi connectivity index (χ0v) is 11.9. The number of hydrogen-bond donors (Lipinski definition) is 1. The molecule has 0 amide bonds. The summed E-state index contributed by atoms with van der Waals surface area (Å²) in [5.41, 5.74) is 1.36. The van der Waals surface area contributed by atoms with Gasteiger partial charge in [-0.25, -0.2) is 4.79 Å². The van der Waals surface area contributed by atoms with Crippen molar-refractivity contribution in [1.82, 2.24) is 9.47 Å². The molecular formula is C14H20N2O4. The van der Waals surface area contributed by atoms with Crippen LogP contribution in [0.2, 0.25) is 0 Å². The highest BCUT2D eigenvalue weighted by Crippen LogP contribution is 2.18. The Morgan fingerprint density at radius 1 is 1.50 bits per heavy atom. The Bertz CT molecular complexity index is 565. The maximum atomic E-state index is 12.3. The lowest BCUT2D eigenvalue weighted by Gasteiger charge is -2.28. The van der Waals surface area contributed by atoms with E-state index in [-0.39, 0.29) is 5.56 Å². The summed E-state index contributed by atoms with van der Waals surface area (Å²) in [4.78, 5) is 25.6. The summed E-state index contributed by atoms with van der Waals surface area (Å²) in [6.07, 6.45) is 1.47. The van der Waals surface area contributed by atoms with Gasteiger partial charge in [0.25, 0.3) is 5.56 Å². The van der Waals surface area contributed by atoms with Gasteiger partial charge in [-0.15, -0.1) is 0 Å². The molecule has 1 aliphatic rings. The number of aromatic carboxylic acids is 1. The van der Waals surface area contributed by atoms with Gasteiger partial charge in [-0.2, -0.15) is 0 Å². The van der Waals surface area contributed by atoms with Crippen molar-refractivity contribution in [3.8, 4) is 0 Å². The summed E-state index contributed by atoms with van der Waals surface area (Å²) >= 11 is 0. The van der Waals surface area contributed by atoms with E-state index in [1.54, 1.807) is 11.7 Å². The Morgan fingerprint density at radius 3 is 2.90 bits per heavy atom. The number of likely N-dealkylation sites (N-methyl/N-ethyl adjacent to an activating group) is 1. The first kappa shape index (κ1) is 14.7. The molecule has 0 spiro atoms. The van der Waals surface area contributed by atoms with E-state index in [9.17, 15) is 14.7 Å². The van der Waals surface area contributed by atoms with Crippen molar-refractivity contribution >= 4 is 5.97 Å². The summed E-state index contributed by atoms with van der Waals surface area (Å²) in [6.45, 7) is 2.61. The molecule has 1 aromatic heterocycles. The largest absolute Gasteiger partial charge is 0.477 e. The first-order valence-electron chi connectivity index (χ1n) is 6.71. The number of nitrogens with zero attached hydrogens (tertiary/aromatic N) is 2. The van der Waals surface area contributed by atoms with E-state index >= 15 is 0 Å². The lowest BCUT2D eigenvalue weighted by molar-refractivity contribution is 0.0693. The molecule has 0 bridgehead atoms. The van der Waals surface area contributed by atoms with Gasteiger partial charge in [-0.1, -0.05) is 0 Å². The average Bonchev–Trinajstić information content (AvgIpc) is 2.40. The highest BCUT2D eigenvalue weighted by Gasteiger charge is 2.22. The zero-order valence-electron chi connectivity index (χ0n) is 11.9. The zero-order chi connectivity index (χ0) is 14.7. The fourth-order valence-electron chi connectivity index (χ4n) is 2.62. The van der Waals surface area contributed by atoms with Gasteiger partial charge in [0.15, 0.2) is 0 Å². The van der Waals surface area contributed by atoms with Crippen molar-refractivity contribution < 1.29 is 14.6 Å². The summed E-state index contributed by atoms with van der Waals surface area (Å²) in [7, 11) is 3.60. The monoisotopic (exact) mass is 280 g/mol. The van der Waals surface area contributed by atoms with Crippen LogP contribution in [-0.4, -0.2) is 47.9 Å². The molecule has 0 saturated carbocycles. The molecule has 2 rings (SSSR count). The molecule has 0 unspecified atom stereocenters. The fourth-order valence-corrected chi connectivity index (χ4v) is 2.62. The Labute approximate surface area is 117 Å². The predicted molar refractivity (Wildman–Crippen MR) is 74.2 cm³/mol. The van der Waals surface area contributed by atoms with Crippen LogP contribution in [-0.2, 0) is 24.2 Å². The van der Waals surface area contributed by atoms with Crippen molar-refractivity contribution in [2.75, 3.05) is 27.3 Å². The van der Waals surface area contributed by atoms with Crippen LogP contribution in [0.5, 0.6) is 0 Å². The van der Waals surface area contributed by atoms with Gasteiger partial charge in [-0.3, -0.25) is 4.79 Å². The van der Waals surface area contributed by atoms with E-state index in [0.717, 1.165) is 24.2 Å². The van der Waals surface area contributed by atoms with Crippen LogP contribution in [0.1, 0.15) is 28.0 Å². The standard InChI is InChI=1S/C14H20N2O4/c1-15-6-4-12-10(9-15)8-11(14(18)19)13(17)16(12)5-3-7-20-2/h8H,3-7,9H2,1-2H3,(H,18,19). The molecule has 0 saturated heterocycles. The third-order valence-electron chi connectivity index (χ3n) is 3.62. The summed E-state index contributed by atoms with van der Waals surface area (Å²) in [6, 6.07) is 1.53. The molecule has 1 aliphatic heterocycles. The van der Waals surface area contributed by atoms with Crippen LogP contribution < -0.4 is 5.56 Å². The highest BCUT2D eigenvalue weighted by atomic mass is 16.5. The van der Waals surface area contributed by atoms with E-state index < -0.39 is 11.5 Å². The van der Waals surface area contributed by atoms with Gasteiger partial charge in [0, 0.05) is 45.5 Å². The first-order chi connectivity index (χ1) is 9.54. The average molecular weight is 280 g/mol. The van der Waals surface area contributed by atoms with Gasteiger partial charge in [0.05, 0.1) is 0 Å². The van der Waals surface area contributed by atoms with Gasteiger partial charge >= 0.3 is 5.97 Å². The number of carboxylic acid groups (broad SMARTS) is 1. The second-order valence-electron chi connectivity index (χ2n) is 5.13. The molecule has 0 radical (unpaired) electrons. The number of carboxylic acids is 1. The van der Waals surface area contributed by atoms with E-state index in [4.69, 9.17) is 4.74 Å². The minimum Gasteiger partial charge on any atom is -0.477 e. The Hall–Kier alpha value is -1.66. The molecule has 0 aromatic carbocycles. The van der Waals surface area contributed by atoms with E-state index in [1.807, 2.05) is 7.05 Å². The van der Waals surface area contributed by atoms with Crippen LogP contribution in [0.25, 0.3) is 0 Å². The lowest BCUT2D eigenvalue weighted by Crippen LogP contribution is -2.36. The van der Waals surface area contributed by atoms with Crippen LogP contribution in [0.3, 0.4) is 0 Å². The molecule has 0 aliphatic carbocycles. The number of hydrogen-bond acceptors (Lipinski definition) is 4. The van der Waals surface area contributed by atoms with Crippen molar-refractivity contribution in [3.05, 3.63) is 33.2 Å². The minimum atomic E-state index is -1.16. The number of ether oxygens (including phenoxy) is 1. The fraction of sp³-hybridized carbons (Fsp3) is 0.571. The van der Waals surface area contributed by atoms with E-state index in [2.05, 4.69) is 4.90 Å². The lowest BCUT2D eigenvalue weighted by atomic mass is 10.0. The number of carbonyl (C=O) groups is 1. The minimum absolute atomic E-state index is 0.142. The van der Waals surface area contributed by atoms with Crippen LogP contribution in [0, 0.1) is 0 Å². The third-order valence-corrected chi connectivity index (χ3v) is 3.62. The molecule has 2 heterocycles. The van der Waals surface area contributed by atoms with E-state index in [1.165, 1.54) is 6.07 Å². The van der Waals surface area contributed by atoms with E-state index in [0.29, 0.717) is 26.1 Å². The maximum absolute atomic E-state index is 12.3. The summed E-state index contributed by atoms with van der Waals surface area (Å²) < 4.78 is 6.62. The normalized spacial score (nSPS) is 15.1. The maximum Gasteiger partial charge on any atom is 0.341 e. The topological polar surface area (TPSA) is 71.8 Å². The SMILES string of the molecule is COCCCn1c2c(cc(C(=O)O)c1=O)CN(C)CC2. The number of fused-ring (bicyclic) bond motifs is 1. The molecule has 0 fully saturated rings. The predicted octanol–water partition coefficient (Wildman–Crippen LogP) is 0.571. The summed E-state index contributed by atoms with van der Waals surface area (Å²) in [5.74, 6) is -1.16. The number of rotatable bonds is 5. The summed E-state index contributed by atoms with van der Waals surface area (Å²) in [5, 5.41) is 9.18. The quantitative estimate of drug-likeness (QED) is 0.798. The molecule has 6 nitrogen and oxygen atoms in total. The molecule has 1 N–H and O–H groups in total. The molecular weight excluding hydrogens is 260 g/mol. The van der Waals surface area contributed by atoms with Gasteiger partial charge in [0.1, 0.15) is 5.56 Å². The highest BCUT2D eigenvalue weighted by molar-refractivity contribution is 5.87. The van der Waals surface area contributed by atoms with Crippen molar-refractivity contribution in [2.24, 2.45) is 0 Å².